The minimum Gasteiger partial charge on any atom is -0.369 e. The second kappa shape index (κ2) is 10.9. The van der Waals surface area contributed by atoms with Gasteiger partial charge in [0.2, 0.25) is 0 Å². The van der Waals surface area contributed by atoms with Crippen LogP contribution in [0, 0.1) is 0 Å². The van der Waals surface area contributed by atoms with Crippen LogP contribution in [0.15, 0.2) is 84.3 Å². The fourth-order valence-corrected chi connectivity index (χ4v) is 8.41. The van der Waals surface area contributed by atoms with Crippen LogP contribution >= 0.6 is 43.6 Å². The van der Waals surface area contributed by atoms with Gasteiger partial charge in [0.15, 0.2) is 9.84 Å². The molecule has 192 valence electrons. The Morgan fingerprint density at radius 1 is 0.973 bits per heavy atom. The number of hydrogen-bond acceptors (Lipinski definition) is 6. The number of anilines is 2. The van der Waals surface area contributed by atoms with Crippen LogP contribution in [-0.2, 0) is 20.4 Å². The molecule has 3 aromatic carbocycles. The quantitative estimate of drug-likeness (QED) is 0.337. The first-order valence-electron chi connectivity index (χ1n) is 11.7. The van der Waals surface area contributed by atoms with Gasteiger partial charge < -0.3 is 15.1 Å². The van der Waals surface area contributed by atoms with Gasteiger partial charge >= 0.3 is 0 Å². The van der Waals surface area contributed by atoms with E-state index in [-0.39, 0.29) is 16.6 Å². The molecular weight excluding hydrogens is 638 g/mol. The first kappa shape index (κ1) is 26.5. The Morgan fingerprint density at radius 2 is 1.65 bits per heavy atom. The van der Waals surface area contributed by atoms with Gasteiger partial charge in [0, 0.05) is 45.7 Å². The highest BCUT2D eigenvalue weighted by Crippen LogP contribution is 2.41. The number of piperazine rings is 1. The lowest BCUT2D eigenvalue weighted by Crippen LogP contribution is -2.44. The standard InChI is InChI=1S/C27H25Br2N3O3S2/c1-31-11-13-32(14-12-31)19-7-5-18(6-8-19)15-26-27(33)30-24-10-9-20(16-25(24)36-26)37(34,35)17-21-22(28)3-2-4-23(21)29/h2-10,15-16H,11-14,17H2,1H3,(H,30,33)/b26-15-. The lowest BCUT2D eigenvalue weighted by molar-refractivity contribution is -0.112. The van der Waals surface area contributed by atoms with Crippen molar-refractivity contribution in [2.75, 3.05) is 43.4 Å². The summed E-state index contributed by atoms with van der Waals surface area (Å²) in [6, 6.07) is 18.5. The molecule has 0 radical (unpaired) electrons. The van der Waals surface area contributed by atoms with Gasteiger partial charge in [-0.1, -0.05) is 61.8 Å². The molecule has 0 bridgehead atoms. The molecule has 1 amide bonds. The van der Waals surface area contributed by atoms with Crippen LogP contribution in [0.5, 0.6) is 0 Å². The lowest BCUT2D eigenvalue weighted by Gasteiger charge is -2.34. The molecule has 1 N–H and O–H groups in total. The van der Waals surface area contributed by atoms with Gasteiger partial charge in [-0.2, -0.15) is 0 Å². The predicted molar refractivity (Wildman–Crippen MR) is 158 cm³/mol. The summed E-state index contributed by atoms with van der Waals surface area (Å²) in [5.74, 6) is -0.346. The molecule has 5 rings (SSSR count). The maximum absolute atomic E-state index is 13.2. The average molecular weight is 663 g/mol. The molecule has 2 aliphatic rings. The van der Waals surface area contributed by atoms with Crippen molar-refractivity contribution in [1.82, 2.24) is 4.90 Å². The van der Waals surface area contributed by atoms with Crippen molar-refractivity contribution < 1.29 is 13.2 Å². The minimum atomic E-state index is -3.61. The van der Waals surface area contributed by atoms with Crippen LogP contribution in [0.1, 0.15) is 11.1 Å². The number of sulfone groups is 1. The monoisotopic (exact) mass is 661 g/mol. The zero-order valence-electron chi connectivity index (χ0n) is 20.1. The Morgan fingerprint density at radius 3 is 2.32 bits per heavy atom. The predicted octanol–water partition coefficient (Wildman–Crippen LogP) is 6.02. The largest absolute Gasteiger partial charge is 0.369 e. The molecule has 2 heterocycles. The zero-order valence-corrected chi connectivity index (χ0v) is 24.9. The summed E-state index contributed by atoms with van der Waals surface area (Å²) < 4.78 is 28.0. The molecule has 3 aromatic rings. The van der Waals surface area contributed by atoms with Crippen LogP contribution in [0.2, 0.25) is 0 Å². The van der Waals surface area contributed by atoms with Crippen molar-refractivity contribution in [3.8, 4) is 0 Å². The summed E-state index contributed by atoms with van der Waals surface area (Å²) in [5, 5.41) is 2.89. The summed E-state index contributed by atoms with van der Waals surface area (Å²) in [7, 11) is -1.48. The lowest BCUT2D eigenvalue weighted by atomic mass is 10.1. The molecular formula is C27H25Br2N3O3S2. The number of nitrogens with one attached hydrogen (secondary N) is 1. The normalized spacial score (nSPS) is 17.5. The third-order valence-electron chi connectivity index (χ3n) is 6.46. The van der Waals surface area contributed by atoms with Gasteiger partial charge in [0.25, 0.3) is 5.91 Å². The maximum atomic E-state index is 13.2. The van der Waals surface area contributed by atoms with Crippen molar-refractivity contribution in [2.45, 2.75) is 15.5 Å². The van der Waals surface area contributed by atoms with Gasteiger partial charge in [-0.15, -0.1) is 0 Å². The molecule has 0 saturated carbocycles. The van der Waals surface area contributed by atoms with E-state index in [0.717, 1.165) is 40.7 Å². The fraction of sp³-hybridized carbons (Fsp3) is 0.222. The second-order valence-corrected chi connectivity index (χ2v) is 13.8. The Bertz CT molecular complexity index is 1460. The van der Waals surface area contributed by atoms with Crippen LogP contribution in [0.4, 0.5) is 11.4 Å². The van der Waals surface area contributed by atoms with Crippen molar-refractivity contribution in [1.29, 1.82) is 0 Å². The van der Waals surface area contributed by atoms with Crippen LogP contribution in [0.25, 0.3) is 6.08 Å². The zero-order chi connectivity index (χ0) is 26.2. The van der Waals surface area contributed by atoms with E-state index in [2.05, 4.69) is 66.2 Å². The fourth-order valence-electron chi connectivity index (χ4n) is 4.27. The maximum Gasteiger partial charge on any atom is 0.262 e. The van der Waals surface area contributed by atoms with E-state index >= 15 is 0 Å². The number of benzene rings is 3. The van der Waals surface area contributed by atoms with Crippen molar-refractivity contribution in [3.05, 3.63) is 85.6 Å². The van der Waals surface area contributed by atoms with E-state index in [4.69, 9.17) is 0 Å². The molecule has 1 saturated heterocycles. The molecule has 2 aliphatic heterocycles. The summed E-state index contributed by atoms with van der Waals surface area (Å²) in [5.41, 5.74) is 3.37. The molecule has 6 nitrogen and oxygen atoms in total. The number of halogens is 2. The van der Waals surface area contributed by atoms with Crippen LogP contribution < -0.4 is 10.2 Å². The van der Waals surface area contributed by atoms with E-state index in [0.29, 0.717) is 21.1 Å². The molecule has 0 aromatic heterocycles. The molecule has 0 spiro atoms. The van der Waals surface area contributed by atoms with Gasteiger partial charge in [0.05, 0.1) is 21.2 Å². The number of thioether (sulfide) groups is 1. The number of carbonyl (C=O) groups is 1. The highest BCUT2D eigenvalue weighted by molar-refractivity contribution is 9.11. The third kappa shape index (κ3) is 5.98. The Balaban J connectivity index is 1.36. The summed E-state index contributed by atoms with van der Waals surface area (Å²) in [6.45, 7) is 4.07. The first-order valence-corrected chi connectivity index (χ1v) is 15.8. The average Bonchev–Trinajstić information content (AvgIpc) is 2.87. The van der Waals surface area contributed by atoms with Crippen molar-refractivity contribution in [3.63, 3.8) is 0 Å². The topological polar surface area (TPSA) is 69.7 Å². The van der Waals surface area contributed by atoms with Crippen LogP contribution in [0.3, 0.4) is 0 Å². The van der Waals surface area contributed by atoms with Gasteiger partial charge in [-0.05, 0) is 66.7 Å². The van der Waals surface area contributed by atoms with E-state index in [1.807, 2.05) is 36.4 Å². The third-order valence-corrected chi connectivity index (χ3v) is 10.7. The Kier molecular flexibility index (Phi) is 7.83. The first-order chi connectivity index (χ1) is 17.7. The van der Waals surface area contributed by atoms with Crippen LogP contribution in [-0.4, -0.2) is 52.5 Å². The highest BCUT2D eigenvalue weighted by Gasteiger charge is 2.25. The molecule has 1 fully saturated rings. The molecule has 10 heteroatoms. The molecule has 0 aliphatic carbocycles. The number of fused-ring (bicyclic) bond motifs is 1. The molecule has 0 atom stereocenters. The summed E-state index contributed by atoms with van der Waals surface area (Å²) >= 11 is 8.18. The van der Waals surface area contributed by atoms with E-state index in [1.165, 1.54) is 17.4 Å². The molecule has 37 heavy (non-hydrogen) atoms. The van der Waals surface area contributed by atoms with E-state index in [1.54, 1.807) is 18.2 Å². The number of rotatable bonds is 5. The molecule has 0 unspecified atom stereocenters. The summed E-state index contributed by atoms with van der Waals surface area (Å²) in [6.07, 6.45) is 1.84. The second-order valence-electron chi connectivity index (χ2n) is 9.06. The van der Waals surface area contributed by atoms with E-state index in [9.17, 15) is 13.2 Å². The smallest absolute Gasteiger partial charge is 0.262 e. The minimum absolute atomic E-state index is 0.146. The Labute approximate surface area is 238 Å². The number of amides is 1. The van der Waals surface area contributed by atoms with Crippen molar-refractivity contribution >= 4 is 76.8 Å². The highest BCUT2D eigenvalue weighted by atomic mass is 79.9. The SMILES string of the molecule is CN1CCN(c2ccc(/C=C3\Sc4cc(S(=O)(=O)Cc5c(Br)cccc5Br)ccc4NC3=O)cc2)CC1. The van der Waals surface area contributed by atoms with Gasteiger partial charge in [-0.3, -0.25) is 4.79 Å². The Hall–Kier alpha value is -2.11. The summed E-state index contributed by atoms with van der Waals surface area (Å²) in [4.78, 5) is 18.9. The van der Waals surface area contributed by atoms with Crippen molar-refractivity contribution in [2.24, 2.45) is 0 Å². The number of carbonyl (C=O) groups excluding carboxylic acids is 1. The number of hydrogen-bond donors (Lipinski definition) is 1. The number of likely N-dealkylation sites (N-methyl/N-ethyl adjacent to an activating group) is 1. The van der Waals surface area contributed by atoms with Gasteiger partial charge in [0.1, 0.15) is 0 Å². The van der Waals surface area contributed by atoms with E-state index < -0.39 is 9.84 Å². The van der Waals surface area contributed by atoms with Gasteiger partial charge in [-0.25, -0.2) is 8.42 Å². The number of nitrogens with zero attached hydrogens (tertiary/aromatic N) is 2.